The van der Waals surface area contributed by atoms with E-state index in [4.69, 9.17) is 0 Å². The lowest BCUT2D eigenvalue weighted by molar-refractivity contribution is 0.428. The Morgan fingerprint density at radius 1 is 0.647 bits per heavy atom. The summed E-state index contributed by atoms with van der Waals surface area (Å²) in [7, 11) is 0. The fraction of sp³-hybridized carbons (Fsp3) is 0.704. The molecule has 0 bridgehead atoms. The topological polar surface area (TPSA) is 85.5 Å². The maximum absolute atomic E-state index is 4.44. The van der Waals surface area contributed by atoms with E-state index >= 15 is 0 Å². The van der Waals surface area contributed by atoms with Gasteiger partial charge in [-0.25, -0.2) is 0 Å². The summed E-state index contributed by atoms with van der Waals surface area (Å²) in [6.07, 6.45) is 12.7. The van der Waals surface area contributed by atoms with Crippen molar-refractivity contribution in [2.24, 2.45) is 36.3 Å². The number of amidine groups is 3. The molecule has 0 aliphatic carbocycles. The highest BCUT2D eigenvalue weighted by Gasteiger charge is 2.11. The third-order valence-electron chi connectivity index (χ3n) is 4.16. The van der Waals surface area contributed by atoms with Crippen LogP contribution in [0.1, 0.15) is 89.0 Å². The number of hydrogen-bond acceptors (Lipinski definition) is 4. The number of hydrazone groups is 1. The van der Waals surface area contributed by atoms with Crippen molar-refractivity contribution in [3.8, 4) is 0 Å². The van der Waals surface area contributed by atoms with Crippen molar-refractivity contribution in [2.45, 2.75) is 89.0 Å². The number of hydrogen-bond donors (Lipinski definition) is 3. The molecule has 3 N–H and O–H groups in total. The average molecular weight is 474 g/mol. The van der Waals surface area contributed by atoms with Gasteiger partial charge in [0.1, 0.15) is 17.5 Å². The van der Waals surface area contributed by atoms with Crippen molar-refractivity contribution >= 4 is 23.7 Å². The molecule has 0 unspecified atom stereocenters. The molecule has 194 valence electrons. The summed E-state index contributed by atoms with van der Waals surface area (Å²) < 4.78 is 0. The van der Waals surface area contributed by atoms with Gasteiger partial charge in [-0.3, -0.25) is 20.4 Å². The Morgan fingerprint density at radius 2 is 1.03 bits per heavy atom. The van der Waals surface area contributed by atoms with Crippen LogP contribution in [0.3, 0.4) is 0 Å². The Labute approximate surface area is 209 Å². The van der Waals surface area contributed by atoms with E-state index in [1.54, 1.807) is 0 Å². The molecule has 7 nitrogen and oxygen atoms in total. The highest BCUT2D eigenvalue weighted by molar-refractivity contribution is 5.97. The molecule has 3 aliphatic rings. The first kappa shape index (κ1) is 31.6. The van der Waals surface area contributed by atoms with Gasteiger partial charge in [0.15, 0.2) is 0 Å². The summed E-state index contributed by atoms with van der Waals surface area (Å²) in [6.45, 7) is 22.3. The van der Waals surface area contributed by atoms with Crippen LogP contribution in [0.2, 0.25) is 0 Å². The molecule has 3 rings (SSSR count). The van der Waals surface area contributed by atoms with Crippen LogP contribution in [0.5, 0.6) is 0 Å². The van der Waals surface area contributed by atoms with Gasteiger partial charge in [0.2, 0.25) is 0 Å². The van der Waals surface area contributed by atoms with Crippen LogP contribution in [0.15, 0.2) is 44.6 Å². The minimum Gasteiger partial charge on any atom is -0.350 e. The Bertz CT molecular complexity index is 630. The van der Waals surface area contributed by atoms with Crippen LogP contribution < -0.4 is 16.1 Å². The minimum atomic E-state index is 0. The minimum absolute atomic E-state index is 0. The predicted octanol–water partition coefficient (Wildman–Crippen LogP) is 5.92. The molecule has 0 aromatic rings. The van der Waals surface area contributed by atoms with E-state index in [0.717, 1.165) is 56.4 Å². The smallest absolute Gasteiger partial charge is 0.122 e. The maximum Gasteiger partial charge on any atom is 0.122 e. The molecule has 0 aromatic carbocycles. The fourth-order valence-electron chi connectivity index (χ4n) is 2.39. The second kappa shape index (κ2) is 14.7. The lowest BCUT2D eigenvalue weighted by Gasteiger charge is -2.14. The maximum atomic E-state index is 4.44. The SMILES string of the molecule is C.CC(C)(C)CN=C1CC=CN1.CC(C)(C)CN=C1CC=CN1.CC(C)(C)CN=C1CC=NN1. The summed E-state index contributed by atoms with van der Waals surface area (Å²) in [5.41, 5.74) is 3.73. The summed E-state index contributed by atoms with van der Waals surface area (Å²) >= 11 is 0. The van der Waals surface area contributed by atoms with Crippen LogP contribution >= 0.6 is 0 Å². The third-order valence-corrected chi connectivity index (χ3v) is 4.16. The number of nitrogens with zero attached hydrogens (tertiary/aromatic N) is 4. The van der Waals surface area contributed by atoms with E-state index in [2.05, 4.69) is 111 Å². The van der Waals surface area contributed by atoms with Gasteiger partial charge < -0.3 is 10.6 Å². The molecular weight excluding hydrogens is 422 g/mol. The summed E-state index contributed by atoms with van der Waals surface area (Å²) in [5.74, 6) is 3.18. The normalized spacial score (nSPS) is 20.2. The van der Waals surface area contributed by atoms with E-state index in [0.29, 0.717) is 10.8 Å². The second-order valence-corrected chi connectivity index (χ2v) is 12.1. The van der Waals surface area contributed by atoms with Gasteiger partial charge in [-0.15, -0.1) is 0 Å². The van der Waals surface area contributed by atoms with E-state index in [-0.39, 0.29) is 12.8 Å². The zero-order valence-corrected chi connectivity index (χ0v) is 22.4. The first-order chi connectivity index (χ1) is 15.2. The molecule has 0 saturated heterocycles. The lowest BCUT2D eigenvalue weighted by atomic mass is 9.97. The Morgan fingerprint density at radius 3 is 1.29 bits per heavy atom. The Balaban J connectivity index is 0.000000473. The zero-order chi connectivity index (χ0) is 25.0. The van der Waals surface area contributed by atoms with Gasteiger partial charge in [0.05, 0.1) is 0 Å². The molecule has 0 spiro atoms. The number of rotatable bonds is 3. The molecule has 34 heavy (non-hydrogen) atoms. The van der Waals surface area contributed by atoms with Crippen LogP contribution in [0.25, 0.3) is 0 Å². The number of nitrogens with one attached hydrogen (secondary N) is 3. The first-order valence-corrected chi connectivity index (χ1v) is 11.9. The quantitative estimate of drug-likeness (QED) is 0.475. The second-order valence-electron chi connectivity index (χ2n) is 12.1. The fourth-order valence-corrected chi connectivity index (χ4v) is 2.39. The van der Waals surface area contributed by atoms with Crippen LogP contribution in [-0.4, -0.2) is 43.4 Å². The van der Waals surface area contributed by atoms with E-state index in [1.165, 1.54) is 0 Å². The monoisotopic (exact) mass is 473 g/mol. The van der Waals surface area contributed by atoms with Crippen LogP contribution in [-0.2, 0) is 0 Å². The Hall–Kier alpha value is -2.44. The zero-order valence-electron chi connectivity index (χ0n) is 22.4. The first-order valence-electron chi connectivity index (χ1n) is 11.9. The largest absolute Gasteiger partial charge is 0.350 e. The van der Waals surface area contributed by atoms with Gasteiger partial charge in [0.25, 0.3) is 0 Å². The molecule has 0 fully saturated rings. The van der Waals surface area contributed by atoms with Gasteiger partial charge in [-0.05, 0) is 28.6 Å². The summed E-state index contributed by atoms with van der Waals surface area (Å²) in [4.78, 5) is 13.2. The van der Waals surface area contributed by atoms with E-state index in [9.17, 15) is 0 Å². The summed E-state index contributed by atoms with van der Waals surface area (Å²) in [5, 5.41) is 10.1. The molecule has 7 heteroatoms. The van der Waals surface area contributed by atoms with Gasteiger partial charge in [0, 0.05) is 45.1 Å². The molecule has 0 atom stereocenters. The van der Waals surface area contributed by atoms with E-state index in [1.807, 2.05) is 18.6 Å². The molecule has 0 aromatic heterocycles. The van der Waals surface area contributed by atoms with Gasteiger partial charge in [-0.2, -0.15) is 5.10 Å². The van der Waals surface area contributed by atoms with Crippen molar-refractivity contribution < 1.29 is 0 Å². The third kappa shape index (κ3) is 18.0. The van der Waals surface area contributed by atoms with Crippen LogP contribution in [0, 0.1) is 16.2 Å². The Kier molecular flexibility index (Phi) is 13.7. The van der Waals surface area contributed by atoms with Crippen LogP contribution in [0.4, 0.5) is 0 Å². The summed E-state index contributed by atoms with van der Waals surface area (Å²) in [6, 6.07) is 0. The standard InChI is InChI=1S/2C9H16N2.C8H15N3.CH4/c2*1-9(2,3)7-11-8-5-4-6-10-8;1-8(2,3)6-9-7-4-5-10-11-7;/h2*4,6H,5,7H2,1-3H3,(H,10,11);5H,4,6H2,1-3H3,(H,9,11);1H4. The van der Waals surface area contributed by atoms with Gasteiger partial charge >= 0.3 is 0 Å². The van der Waals surface area contributed by atoms with Crippen molar-refractivity contribution in [1.29, 1.82) is 0 Å². The number of aliphatic imine (C=N–C) groups is 3. The molecule has 0 saturated carbocycles. The highest BCUT2D eigenvalue weighted by Crippen LogP contribution is 2.14. The highest BCUT2D eigenvalue weighted by atomic mass is 15.3. The molecular formula is C27H51N7. The van der Waals surface area contributed by atoms with Crippen molar-refractivity contribution in [2.75, 3.05) is 19.6 Å². The van der Waals surface area contributed by atoms with Gasteiger partial charge in [-0.1, -0.05) is 81.9 Å². The molecule has 0 radical (unpaired) electrons. The average Bonchev–Trinajstić information content (AvgIpc) is 3.47. The van der Waals surface area contributed by atoms with Crippen molar-refractivity contribution in [1.82, 2.24) is 16.1 Å². The van der Waals surface area contributed by atoms with E-state index < -0.39 is 0 Å². The molecule has 0 amide bonds. The lowest BCUT2D eigenvalue weighted by Crippen LogP contribution is -2.16. The molecule has 3 heterocycles. The molecule has 3 aliphatic heterocycles. The van der Waals surface area contributed by atoms with Crippen molar-refractivity contribution in [3.05, 3.63) is 24.6 Å². The van der Waals surface area contributed by atoms with Crippen molar-refractivity contribution in [3.63, 3.8) is 0 Å². The predicted molar refractivity (Wildman–Crippen MR) is 152 cm³/mol.